The van der Waals surface area contributed by atoms with Gasteiger partial charge in [0.05, 0.1) is 19.8 Å². The zero-order valence-electron chi connectivity index (χ0n) is 14.6. The van der Waals surface area contributed by atoms with Crippen LogP contribution in [0.25, 0.3) is 0 Å². The van der Waals surface area contributed by atoms with Crippen LogP contribution < -0.4 is 4.74 Å². The SMILES string of the molecule is CCc1c(CCOCC2COC(C)(C)O2)cccc1OCOC. The molecule has 0 aliphatic carbocycles. The Labute approximate surface area is 138 Å². The van der Waals surface area contributed by atoms with Crippen molar-refractivity contribution in [1.82, 2.24) is 0 Å². The van der Waals surface area contributed by atoms with Gasteiger partial charge in [0, 0.05) is 7.11 Å². The maximum atomic E-state index is 5.76. The third-order valence-corrected chi connectivity index (χ3v) is 3.80. The molecule has 1 aromatic rings. The molecular weight excluding hydrogens is 296 g/mol. The molecule has 23 heavy (non-hydrogen) atoms. The van der Waals surface area contributed by atoms with E-state index >= 15 is 0 Å². The molecular formula is C18H28O5. The van der Waals surface area contributed by atoms with E-state index in [-0.39, 0.29) is 12.9 Å². The van der Waals surface area contributed by atoms with Crippen molar-refractivity contribution in [2.45, 2.75) is 45.5 Å². The van der Waals surface area contributed by atoms with E-state index in [1.807, 2.05) is 26.0 Å². The fourth-order valence-electron chi connectivity index (χ4n) is 2.75. The second-order valence-corrected chi connectivity index (χ2v) is 6.07. The number of benzene rings is 1. The summed E-state index contributed by atoms with van der Waals surface area (Å²) in [5, 5.41) is 0. The van der Waals surface area contributed by atoms with Crippen LogP contribution in [0.15, 0.2) is 18.2 Å². The second kappa shape index (κ2) is 8.64. The summed E-state index contributed by atoms with van der Waals surface area (Å²) in [4.78, 5) is 0. The largest absolute Gasteiger partial charge is 0.467 e. The molecule has 1 heterocycles. The number of hydrogen-bond donors (Lipinski definition) is 0. The lowest BCUT2D eigenvalue weighted by Crippen LogP contribution is -2.24. The van der Waals surface area contributed by atoms with Gasteiger partial charge in [0.15, 0.2) is 12.6 Å². The molecule has 130 valence electrons. The Hall–Kier alpha value is -1.14. The fraction of sp³-hybridized carbons (Fsp3) is 0.667. The minimum Gasteiger partial charge on any atom is -0.467 e. The third kappa shape index (κ3) is 5.46. The van der Waals surface area contributed by atoms with Crippen LogP contribution in [0.2, 0.25) is 0 Å². The Bertz CT molecular complexity index is 486. The van der Waals surface area contributed by atoms with Gasteiger partial charge in [-0.25, -0.2) is 0 Å². The predicted octanol–water partition coefficient (Wildman–Crippen LogP) is 2.94. The Kier molecular flexibility index (Phi) is 6.84. The summed E-state index contributed by atoms with van der Waals surface area (Å²) in [6.07, 6.45) is 1.79. The summed E-state index contributed by atoms with van der Waals surface area (Å²) >= 11 is 0. The van der Waals surface area contributed by atoms with Crippen molar-refractivity contribution >= 4 is 0 Å². The van der Waals surface area contributed by atoms with Crippen LogP contribution >= 0.6 is 0 Å². The molecule has 1 aliphatic rings. The molecule has 0 spiro atoms. The molecule has 0 aromatic heterocycles. The van der Waals surface area contributed by atoms with Gasteiger partial charge >= 0.3 is 0 Å². The Morgan fingerprint density at radius 2 is 2.13 bits per heavy atom. The first-order valence-electron chi connectivity index (χ1n) is 8.17. The summed E-state index contributed by atoms with van der Waals surface area (Å²) < 4.78 is 27.6. The zero-order valence-corrected chi connectivity index (χ0v) is 14.6. The molecule has 0 N–H and O–H groups in total. The van der Waals surface area contributed by atoms with Crippen LogP contribution in [0.1, 0.15) is 31.9 Å². The van der Waals surface area contributed by atoms with Gasteiger partial charge in [-0.3, -0.25) is 0 Å². The lowest BCUT2D eigenvalue weighted by Gasteiger charge is -2.17. The quantitative estimate of drug-likeness (QED) is 0.516. The predicted molar refractivity (Wildman–Crippen MR) is 87.8 cm³/mol. The van der Waals surface area contributed by atoms with Gasteiger partial charge in [-0.1, -0.05) is 19.1 Å². The molecule has 1 unspecified atom stereocenters. The number of methoxy groups -OCH3 is 1. The maximum absolute atomic E-state index is 5.76. The summed E-state index contributed by atoms with van der Waals surface area (Å²) in [5.41, 5.74) is 2.47. The molecule has 5 nitrogen and oxygen atoms in total. The standard InChI is InChI=1S/C18H28O5/c1-5-16-14(7-6-8-17(16)21-13-19-4)9-10-20-11-15-12-22-18(2,3)23-15/h6-8,15H,5,9-13H2,1-4H3. The van der Waals surface area contributed by atoms with E-state index in [4.69, 9.17) is 23.7 Å². The Morgan fingerprint density at radius 1 is 1.30 bits per heavy atom. The highest BCUT2D eigenvalue weighted by Crippen LogP contribution is 2.24. The zero-order chi connectivity index (χ0) is 16.7. The summed E-state index contributed by atoms with van der Waals surface area (Å²) in [5.74, 6) is 0.400. The molecule has 0 bridgehead atoms. The summed E-state index contributed by atoms with van der Waals surface area (Å²) in [6, 6.07) is 6.12. The molecule has 1 atom stereocenters. The fourth-order valence-corrected chi connectivity index (χ4v) is 2.75. The Balaban J connectivity index is 1.81. The lowest BCUT2D eigenvalue weighted by molar-refractivity contribution is -0.144. The second-order valence-electron chi connectivity index (χ2n) is 6.07. The highest BCUT2D eigenvalue weighted by atomic mass is 16.7. The van der Waals surface area contributed by atoms with E-state index in [1.54, 1.807) is 7.11 Å². The minimum atomic E-state index is -0.490. The van der Waals surface area contributed by atoms with Crippen LogP contribution in [0, 0.1) is 0 Å². The van der Waals surface area contributed by atoms with Crippen LogP contribution in [0.3, 0.4) is 0 Å². The molecule has 2 rings (SSSR count). The smallest absolute Gasteiger partial charge is 0.188 e. The molecule has 0 saturated carbocycles. The van der Waals surface area contributed by atoms with Crippen LogP contribution in [-0.2, 0) is 31.8 Å². The van der Waals surface area contributed by atoms with Crippen molar-refractivity contribution in [3.8, 4) is 5.75 Å². The van der Waals surface area contributed by atoms with Crippen molar-refractivity contribution in [2.24, 2.45) is 0 Å². The van der Waals surface area contributed by atoms with Crippen LogP contribution in [0.5, 0.6) is 5.75 Å². The van der Waals surface area contributed by atoms with E-state index in [0.717, 1.165) is 18.6 Å². The maximum Gasteiger partial charge on any atom is 0.188 e. The first-order valence-corrected chi connectivity index (χ1v) is 8.17. The minimum absolute atomic E-state index is 0.0204. The van der Waals surface area contributed by atoms with Crippen molar-refractivity contribution in [2.75, 3.05) is 33.7 Å². The van der Waals surface area contributed by atoms with E-state index in [1.165, 1.54) is 11.1 Å². The monoisotopic (exact) mass is 324 g/mol. The first-order chi connectivity index (χ1) is 11.1. The third-order valence-electron chi connectivity index (χ3n) is 3.80. The Morgan fingerprint density at radius 3 is 2.78 bits per heavy atom. The van der Waals surface area contributed by atoms with Crippen LogP contribution in [0.4, 0.5) is 0 Å². The van der Waals surface area contributed by atoms with Crippen molar-refractivity contribution < 1.29 is 23.7 Å². The van der Waals surface area contributed by atoms with Gasteiger partial charge in [0.25, 0.3) is 0 Å². The molecule has 1 aliphatic heterocycles. The summed E-state index contributed by atoms with van der Waals surface area (Å²) in [7, 11) is 1.62. The molecule has 1 saturated heterocycles. The van der Waals surface area contributed by atoms with Crippen molar-refractivity contribution in [3.63, 3.8) is 0 Å². The van der Waals surface area contributed by atoms with Crippen molar-refractivity contribution in [3.05, 3.63) is 29.3 Å². The van der Waals surface area contributed by atoms with E-state index in [9.17, 15) is 0 Å². The average molecular weight is 324 g/mol. The summed E-state index contributed by atoms with van der Waals surface area (Å²) in [6.45, 7) is 8.05. The van der Waals surface area contributed by atoms with Crippen LogP contribution in [-0.4, -0.2) is 45.6 Å². The molecule has 5 heteroatoms. The molecule has 0 radical (unpaired) electrons. The van der Waals surface area contributed by atoms with Gasteiger partial charge < -0.3 is 23.7 Å². The molecule has 0 amide bonds. The molecule has 1 fully saturated rings. The average Bonchev–Trinajstić information content (AvgIpc) is 2.88. The van der Waals surface area contributed by atoms with Gasteiger partial charge in [-0.2, -0.15) is 0 Å². The molecule has 1 aromatic carbocycles. The first kappa shape index (κ1) is 18.2. The lowest BCUT2D eigenvalue weighted by atomic mass is 10.0. The van der Waals surface area contributed by atoms with E-state index in [0.29, 0.717) is 19.8 Å². The van der Waals surface area contributed by atoms with Gasteiger partial charge in [-0.15, -0.1) is 0 Å². The number of rotatable bonds is 9. The van der Waals surface area contributed by atoms with Gasteiger partial charge in [-0.05, 0) is 43.9 Å². The highest BCUT2D eigenvalue weighted by Gasteiger charge is 2.32. The topological polar surface area (TPSA) is 46.2 Å². The van der Waals surface area contributed by atoms with Crippen molar-refractivity contribution in [1.29, 1.82) is 0 Å². The highest BCUT2D eigenvalue weighted by molar-refractivity contribution is 5.40. The van der Waals surface area contributed by atoms with E-state index in [2.05, 4.69) is 13.0 Å². The van der Waals surface area contributed by atoms with E-state index < -0.39 is 5.79 Å². The van der Waals surface area contributed by atoms with Gasteiger partial charge in [0.2, 0.25) is 0 Å². The van der Waals surface area contributed by atoms with Gasteiger partial charge in [0.1, 0.15) is 11.9 Å². The number of ether oxygens (including phenoxy) is 5. The normalized spacial score (nSPS) is 19.9. The number of hydrogen-bond acceptors (Lipinski definition) is 5.